The lowest BCUT2D eigenvalue weighted by Gasteiger charge is -2.12. The first-order valence-corrected chi connectivity index (χ1v) is 7.77. The summed E-state index contributed by atoms with van der Waals surface area (Å²) < 4.78 is 1.58. The van der Waals surface area contributed by atoms with E-state index in [0.717, 1.165) is 31.4 Å². The Morgan fingerprint density at radius 1 is 1.22 bits per heavy atom. The van der Waals surface area contributed by atoms with Crippen LogP contribution in [0, 0.1) is 5.92 Å². The molecule has 0 atom stereocenters. The van der Waals surface area contributed by atoms with Crippen LogP contribution >= 0.6 is 0 Å². The highest BCUT2D eigenvalue weighted by Crippen LogP contribution is 2.24. The Hall–Kier alpha value is -2.70. The molecule has 0 unspecified atom stereocenters. The molecule has 1 aromatic heterocycles. The van der Waals surface area contributed by atoms with Gasteiger partial charge in [0.25, 0.3) is 0 Å². The Bertz CT molecular complexity index is 678. The van der Waals surface area contributed by atoms with Gasteiger partial charge in [0.15, 0.2) is 0 Å². The molecule has 0 saturated heterocycles. The second-order valence-corrected chi connectivity index (χ2v) is 5.61. The minimum Gasteiger partial charge on any atom is -0.347 e. The van der Waals surface area contributed by atoms with Crippen molar-refractivity contribution in [3.63, 3.8) is 0 Å². The first-order valence-electron chi connectivity index (χ1n) is 7.77. The van der Waals surface area contributed by atoms with Crippen LogP contribution < -0.4 is 10.6 Å². The Morgan fingerprint density at radius 2 is 2.00 bits per heavy atom. The first kappa shape index (κ1) is 15.2. The van der Waals surface area contributed by atoms with Gasteiger partial charge in [0, 0.05) is 5.92 Å². The number of anilines is 1. The molecule has 3 rings (SSSR count). The first-order chi connectivity index (χ1) is 11.2. The summed E-state index contributed by atoms with van der Waals surface area (Å²) in [6, 6.07) is 7.30. The van der Waals surface area contributed by atoms with E-state index in [4.69, 9.17) is 0 Å². The number of nitrogens with zero attached hydrogens (tertiary/aromatic N) is 3. The Morgan fingerprint density at radius 3 is 2.74 bits per heavy atom. The van der Waals surface area contributed by atoms with Crippen molar-refractivity contribution >= 4 is 17.5 Å². The number of para-hydroxylation sites is 2. The highest BCUT2D eigenvalue weighted by molar-refractivity contribution is 5.96. The Balaban J connectivity index is 1.59. The van der Waals surface area contributed by atoms with E-state index in [1.165, 1.54) is 0 Å². The minimum absolute atomic E-state index is 0.0257. The third-order valence-electron chi connectivity index (χ3n) is 4.00. The van der Waals surface area contributed by atoms with E-state index in [1.54, 1.807) is 23.1 Å². The maximum atomic E-state index is 12.1. The van der Waals surface area contributed by atoms with Gasteiger partial charge in [-0.15, -0.1) is 5.10 Å². The molecule has 1 aromatic carbocycles. The van der Waals surface area contributed by atoms with Crippen LogP contribution in [0.5, 0.6) is 0 Å². The van der Waals surface area contributed by atoms with Crippen molar-refractivity contribution < 1.29 is 9.59 Å². The molecule has 1 aliphatic carbocycles. The van der Waals surface area contributed by atoms with Crippen molar-refractivity contribution in [1.29, 1.82) is 0 Å². The quantitative estimate of drug-likeness (QED) is 0.875. The molecule has 2 amide bonds. The Kier molecular flexibility index (Phi) is 4.65. The number of hydrogen-bond donors (Lipinski definition) is 2. The molecule has 7 nitrogen and oxygen atoms in total. The van der Waals surface area contributed by atoms with Gasteiger partial charge in [0.05, 0.1) is 30.3 Å². The van der Waals surface area contributed by atoms with E-state index < -0.39 is 0 Å². The van der Waals surface area contributed by atoms with E-state index in [2.05, 4.69) is 20.9 Å². The van der Waals surface area contributed by atoms with Crippen LogP contribution in [0.2, 0.25) is 0 Å². The maximum absolute atomic E-state index is 12.1. The molecular formula is C16H19N5O2. The number of benzene rings is 1. The summed E-state index contributed by atoms with van der Waals surface area (Å²) in [5.74, 6) is -0.226. The molecule has 7 heteroatoms. The van der Waals surface area contributed by atoms with Crippen molar-refractivity contribution in [2.45, 2.75) is 25.7 Å². The highest BCUT2D eigenvalue weighted by atomic mass is 16.2. The molecule has 0 radical (unpaired) electrons. The number of aromatic nitrogens is 3. The lowest BCUT2D eigenvalue weighted by Crippen LogP contribution is -2.36. The van der Waals surface area contributed by atoms with Crippen LogP contribution in [0.3, 0.4) is 0 Å². The van der Waals surface area contributed by atoms with Gasteiger partial charge in [-0.25, -0.2) is 4.68 Å². The van der Waals surface area contributed by atoms with E-state index in [1.807, 2.05) is 18.2 Å². The molecule has 120 valence electrons. The number of hydrogen-bond acceptors (Lipinski definition) is 4. The fraction of sp³-hybridized carbons (Fsp3) is 0.375. The standard InChI is InChI=1S/C16H19N5O2/c22-15(11-17-16(23)12-5-1-2-6-12)19-13-7-3-4-8-14(13)21-10-9-18-20-21/h3-4,7-10,12H,1-2,5-6,11H2,(H,17,23)(H,19,22). The zero-order valence-electron chi connectivity index (χ0n) is 12.7. The summed E-state index contributed by atoms with van der Waals surface area (Å²) in [6.45, 7) is -0.0268. The summed E-state index contributed by atoms with van der Waals surface area (Å²) in [7, 11) is 0. The lowest BCUT2D eigenvalue weighted by molar-refractivity contribution is -0.127. The van der Waals surface area contributed by atoms with Crippen LogP contribution in [0.4, 0.5) is 5.69 Å². The summed E-state index contributed by atoms with van der Waals surface area (Å²) >= 11 is 0. The van der Waals surface area contributed by atoms with E-state index in [0.29, 0.717) is 5.69 Å². The molecule has 1 heterocycles. The molecular weight excluding hydrogens is 294 g/mol. The zero-order valence-corrected chi connectivity index (χ0v) is 12.7. The van der Waals surface area contributed by atoms with Gasteiger partial charge in [-0.2, -0.15) is 0 Å². The molecule has 0 spiro atoms. The van der Waals surface area contributed by atoms with Crippen LogP contribution in [-0.2, 0) is 9.59 Å². The SMILES string of the molecule is O=C(CNC(=O)C1CCCC1)Nc1ccccc1-n1ccnn1. The van der Waals surface area contributed by atoms with E-state index in [9.17, 15) is 9.59 Å². The van der Waals surface area contributed by atoms with Crippen LogP contribution in [-0.4, -0.2) is 33.4 Å². The number of amides is 2. The fourth-order valence-electron chi connectivity index (χ4n) is 2.81. The second kappa shape index (κ2) is 7.04. The van der Waals surface area contributed by atoms with Crippen molar-refractivity contribution in [2.24, 2.45) is 5.92 Å². The number of carbonyl (C=O) groups excluding carboxylic acids is 2. The highest BCUT2D eigenvalue weighted by Gasteiger charge is 2.22. The minimum atomic E-state index is -0.260. The average Bonchev–Trinajstić information content (AvgIpc) is 3.26. The van der Waals surface area contributed by atoms with Crippen LogP contribution in [0.15, 0.2) is 36.7 Å². The van der Waals surface area contributed by atoms with Crippen molar-refractivity contribution in [1.82, 2.24) is 20.3 Å². The van der Waals surface area contributed by atoms with Gasteiger partial charge in [0.1, 0.15) is 0 Å². The predicted molar refractivity (Wildman–Crippen MR) is 85.0 cm³/mol. The molecule has 2 aromatic rings. The third kappa shape index (κ3) is 3.74. The van der Waals surface area contributed by atoms with Gasteiger partial charge in [-0.1, -0.05) is 30.2 Å². The van der Waals surface area contributed by atoms with Gasteiger partial charge < -0.3 is 10.6 Å². The third-order valence-corrected chi connectivity index (χ3v) is 4.00. The summed E-state index contributed by atoms with van der Waals surface area (Å²) in [6.07, 6.45) is 7.30. The predicted octanol–water partition coefficient (Wildman–Crippen LogP) is 1.51. The van der Waals surface area contributed by atoms with Gasteiger partial charge in [-0.3, -0.25) is 9.59 Å². The number of nitrogens with one attached hydrogen (secondary N) is 2. The summed E-state index contributed by atoms with van der Waals surface area (Å²) in [4.78, 5) is 24.0. The Labute approximate surface area is 134 Å². The normalized spacial score (nSPS) is 14.6. The molecule has 0 aliphatic heterocycles. The van der Waals surface area contributed by atoms with Crippen LogP contribution in [0.1, 0.15) is 25.7 Å². The van der Waals surface area contributed by atoms with Crippen molar-refractivity contribution in [2.75, 3.05) is 11.9 Å². The van der Waals surface area contributed by atoms with Gasteiger partial charge in [-0.05, 0) is 25.0 Å². The van der Waals surface area contributed by atoms with Gasteiger partial charge in [0.2, 0.25) is 11.8 Å². The maximum Gasteiger partial charge on any atom is 0.243 e. The average molecular weight is 313 g/mol. The monoisotopic (exact) mass is 313 g/mol. The number of rotatable bonds is 5. The molecule has 23 heavy (non-hydrogen) atoms. The number of carbonyl (C=O) groups is 2. The smallest absolute Gasteiger partial charge is 0.243 e. The fourth-order valence-corrected chi connectivity index (χ4v) is 2.81. The topological polar surface area (TPSA) is 88.9 Å². The van der Waals surface area contributed by atoms with Crippen molar-refractivity contribution in [3.8, 4) is 5.69 Å². The summed E-state index contributed by atoms with van der Waals surface area (Å²) in [5.41, 5.74) is 1.35. The van der Waals surface area contributed by atoms with E-state index in [-0.39, 0.29) is 24.3 Å². The molecule has 1 saturated carbocycles. The van der Waals surface area contributed by atoms with Crippen LogP contribution in [0.25, 0.3) is 5.69 Å². The largest absolute Gasteiger partial charge is 0.347 e. The lowest BCUT2D eigenvalue weighted by atomic mass is 10.1. The van der Waals surface area contributed by atoms with Gasteiger partial charge >= 0.3 is 0 Å². The summed E-state index contributed by atoms with van der Waals surface area (Å²) in [5, 5.41) is 13.2. The second-order valence-electron chi connectivity index (χ2n) is 5.61. The molecule has 0 bridgehead atoms. The van der Waals surface area contributed by atoms with Crippen molar-refractivity contribution in [3.05, 3.63) is 36.7 Å². The zero-order chi connectivity index (χ0) is 16.1. The molecule has 1 fully saturated rings. The molecule has 1 aliphatic rings. The van der Waals surface area contributed by atoms with E-state index >= 15 is 0 Å². The molecule has 2 N–H and O–H groups in total.